The van der Waals surface area contributed by atoms with E-state index in [9.17, 15) is 20.1 Å². The maximum absolute atomic E-state index is 12.4. The Labute approximate surface area is 300 Å². The zero-order valence-electron chi connectivity index (χ0n) is 32.6. The largest absolute Gasteiger partial charge is 0.394 e. The van der Waals surface area contributed by atoms with E-state index in [1.54, 1.807) is 0 Å². The smallest absolute Gasteiger partial charge is 0.222 e. The summed E-state index contributed by atoms with van der Waals surface area (Å²) in [5.74, 6) is -0.279. The minimum atomic E-state index is -0.742. The minimum Gasteiger partial charge on any atom is -0.394 e. The van der Waals surface area contributed by atoms with Crippen LogP contribution in [0.15, 0.2) is 0 Å². The molecule has 0 aromatic carbocycles. The first-order chi connectivity index (χ1) is 23.5. The minimum absolute atomic E-state index is 0.0427. The Balaban J connectivity index is 3.54. The average Bonchev–Trinajstić information content (AvgIpc) is 3.08. The third kappa shape index (κ3) is 35.2. The van der Waals surface area contributed by atoms with E-state index < -0.39 is 18.2 Å². The highest BCUT2D eigenvalue weighted by molar-refractivity contribution is 5.76. The molecule has 48 heavy (non-hydrogen) atoms. The van der Waals surface area contributed by atoms with Gasteiger partial charge in [0.2, 0.25) is 5.91 Å². The van der Waals surface area contributed by atoms with Gasteiger partial charge in [-0.25, -0.2) is 0 Å². The van der Waals surface area contributed by atoms with Crippen LogP contribution in [-0.2, 0) is 4.79 Å². The van der Waals surface area contributed by atoms with Crippen molar-refractivity contribution < 1.29 is 20.1 Å². The van der Waals surface area contributed by atoms with Crippen LogP contribution in [0.25, 0.3) is 0 Å². The molecule has 0 spiro atoms. The molecule has 0 aromatic heterocycles. The third-order valence-corrected chi connectivity index (χ3v) is 10.4. The van der Waals surface area contributed by atoms with Gasteiger partial charge in [0.05, 0.1) is 31.3 Å². The number of aliphatic hydroxyl groups excluding tert-OH is 3. The van der Waals surface area contributed by atoms with Crippen LogP contribution in [-0.4, -0.2) is 46.1 Å². The molecule has 3 atom stereocenters. The SMILES string of the molecule is CCCCCCCCCCCCCCCCCCCCCCCC(O)CC(=O)NC(CO)C(O)CCCCCCCCCCCCCC. The maximum Gasteiger partial charge on any atom is 0.222 e. The lowest BCUT2D eigenvalue weighted by atomic mass is 10.0. The fraction of sp³-hybridized carbons (Fsp3) is 0.977. The second-order valence-electron chi connectivity index (χ2n) is 15.3. The van der Waals surface area contributed by atoms with Crippen molar-refractivity contribution in [1.82, 2.24) is 5.32 Å². The third-order valence-electron chi connectivity index (χ3n) is 10.4. The van der Waals surface area contributed by atoms with Crippen molar-refractivity contribution >= 4 is 5.91 Å². The van der Waals surface area contributed by atoms with Gasteiger partial charge in [0.25, 0.3) is 0 Å². The van der Waals surface area contributed by atoms with Crippen LogP contribution in [0, 0.1) is 0 Å². The Morgan fingerprint density at radius 3 is 1.00 bits per heavy atom. The van der Waals surface area contributed by atoms with Crippen molar-refractivity contribution in [2.75, 3.05) is 6.61 Å². The molecule has 0 aromatic rings. The molecule has 0 radical (unpaired) electrons. The van der Waals surface area contributed by atoms with Gasteiger partial charge in [-0.1, -0.05) is 226 Å². The highest BCUT2D eigenvalue weighted by Gasteiger charge is 2.21. The lowest BCUT2D eigenvalue weighted by Crippen LogP contribution is -2.46. The van der Waals surface area contributed by atoms with E-state index >= 15 is 0 Å². The quantitative estimate of drug-likeness (QED) is 0.0485. The van der Waals surface area contributed by atoms with Crippen molar-refractivity contribution in [3.63, 3.8) is 0 Å². The van der Waals surface area contributed by atoms with Crippen molar-refractivity contribution in [3.05, 3.63) is 0 Å². The number of hydrogen-bond acceptors (Lipinski definition) is 4. The normalized spacial score (nSPS) is 13.5. The second-order valence-corrected chi connectivity index (χ2v) is 15.3. The number of rotatable bonds is 40. The highest BCUT2D eigenvalue weighted by atomic mass is 16.3. The molecule has 0 saturated carbocycles. The van der Waals surface area contributed by atoms with E-state index in [1.807, 2.05) is 0 Å². The fourth-order valence-electron chi connectivity index (χ4n) is 7.05. The van der Waals surface area contributed by atoms with Crippen LogP contribution in [0.5, 0.6) is 0 Å². The van der Waals surface area contributed by atoms with Gasteiger partial charge in [0.15, 0.2) is 0 Å². The van der Waals surface area contributed by atoms with Gasteiger partial charge in [0, 0.05) is 0 Å². The first-order valence-corrected chi connectivity index (χ1v) is 21.8. The number of nitrogens with one attached hydrogen (secondary N) is 1. The molecule has 0 aliphatic heterocycles. The van der Waals surface area contributed by atoms with Gasteiger partial charge in [-0.05, 0) is 12.8 Å². The Morgan fingerprint density at radius 1 is 0.438 bits per heavy atom. The summed E-state index contributed by atoms with van der Waals surface area (Å²) in [7, 11) is 0. The van der Waals surface area contributed by atoms with Crippen LogP contribution in [0.1, 0.15) is 245 Å². The van der Waals surface area contributed by atoms with E-state index in [2.05, 4.69) is 19.2 Å². The Hall–Kier alpha value is -0.650. The molecular formula is C43H87NO4. The predicted octanol–water partition coefficient (Wildman–Crippen LogP) is 12.3. The number of carbonyl (C=O) groups is 1. The van der Waals surface area contributed by atoms with Gasteiger partial charge in [-0.15, -0.1) is 0 Å². The number of hydrogen-bond donors (Lipinski definition) is 4. The molecule has 0 rings (SSSR count). The Bertz CT molecular complexity index is 630. The van der Waals surface area contributed by atoms with Gasteiger partial charge in [-0.3, -0.25) is 4.79 Å². The van der Waals surface area contributed by atoms with E-state index in [0.29, 0.717) is 12.8 Å². The highest BCUT2D eigenvalue weighted by Crippen LogP contribution is 2.17. The fourth-order valence-corrected chi connectivity index (χ4v) is 7.05. The molecule has 288 valence electrons. The molecule has 0 fully saturated rings. The first kappa shape index (κ1) is 47.4. The molecule has 3 unspecified atom stereocenters. The Morgan fingerprint density at radius 2 is 0.708 bits per heavy atom. The summed E-state index contributed by atoms with van der Waals surface area (Å²) >= 11 is 0. The summed E-state index contributed by atoms with van der Waals surface area (Å²) in [5.41, 5.74) is 0. The average molecular weight is 682 g/mol. The lowest BCUT2D eigenvalue weighted by molar-refractivity contribution is -0.125. The molecule has 0 aliphatic rings. The van der Waals surface area contributed by atoms with Crippen LogP contribution in [0.3, 0.4) is 0 Å². The summed E-state index contributed by atoms with van der Waals surface area (Å²) in [5, 5.41) is 33.3. The lowest BCUT2D eigenvalue weighted by Gasteiger charge is -2.23. The Kier molecular flexibility index (Phi) is 38.6. The zero-order chi connectivity index (χ0) is 35.2. The molecule has 1 amide bonds. The van der Waals surface area contributed by atoms with Gasteiger partial charge >= 0.3 is 0 Å². The van der Waals surface area contributed by atoms with Crippen LogP contribution in [0.2, 0.25) is 0 Å². The first-order valence-electron chi connectivity index (χ1n) is 21.8. The summed E-state index contributed by atoms with van der Waals surface area (Å²) < 4.78 is 0. The van der Waals surface area contributed by atoms with Crippen molar-refractivity contribution in [3.8, 4) is 0 Å². The van der Waals surface area contributed by atoms with E-state index in [-0.39, 0.29) is 18.9 Å². The molecule has 0 aliphatic carbocycles. The van der Waals surface area contributed by atoms with Crippen LogP contribution in [0.4, 0.5) is 0 Å². The standard InChI is InChI=1S/C43H87NO4/c1-3-5-7-9-11-13-15-17-18-19-20-21-22-23-24-25-26-28-30-32-34-36-40(46)38-43(48)44-41(39-45)42(47)37-35-33-31-29-27-16-14-12-10-8-6-4-2/h40-42,45-47H,3-39H2,1-2H3,(H,44,48). The van der Waals surface area contributed by atoms with Gasteiger partial charge in [0.1, 0.15) is 0 Å². The van der Waals surface area contributed by atoms with E-state index in [4.69, 9.17) is 0 Å². The van der Waals surface area contributed by atoms with Crippen molar-refractivity contribution in [2.45, 2.75) is 263 Å². The molecular weight excluding hydrogens is 594 g/mol. The van der Waals surface area contributed by atoms with Crippen molar-refractivity contribution in [1.29, 1.82) is 0 Å². The summed E-state index contributed by atoms with van der Waals surface area (Å²) in [6.07, 6.45) is 43.6. The topological polar surface area (TPSA) is 89.8 Å². The van der Waals surface area contributed by atoms with Gasteiger partial charge in [-0.2, -0.15) is 0 Å². The van der Waals surface area contributed by atoms with Gasteiger partial charge < -0.3 is 20.6 Å². The van der Waals surface area contributed by atoms with E-state index in [1.165, 1.54) is 186 Å². The second kappa shape index (κ2) is 39.1. The summed E-state index contributed by atoms with van der Waals surface area (Å²) in [6.45, 7) is 4.27. The summed E-state index contributed by atoms with van der Waals surface area (Å²) in [6, 6.07) is -0.651. The maximum atomic E-state index is 12.4. The molecule has 5 heteroatoms. The van der Waals surface area contributed by atoms with E-state index in [0.717, 1.165) is 25.7 Å². The molecule has 4 N–H and O–H groups in total. The number of unbranched alkanes of at least 4 members (excludes halogenated alkanes) is 31. The number of amides is 1. The number of aliphatic hydroxyl groups is 3. The van der Waals surface area contributed by atoms with Crippen LogP contribution >= 0.6 is 0 Å². The predicted molar refractivity (Wildman–Crippen MR) is 209 cm³/mol. The van der Waals surface area contributed by atoms with Crippen molar-refractivity contribution in [2.24, 2.45) is 0 Å². The monoisotopic (exact) mass is 682 g/mol. The van der Waals surface area contributed by atoms with Crippen LogP contribution < -0.4 is 5.32 Å². The zero-order valence-corrected chi connectivity index (χ0v) is 32.6. The number of carbonyl (C=O) groups excluding carboxylic acids is 1. The molecule has 0 saturated heterocycles. The molecule has 0 bridgehead atoms. The summed E-state index contributed by atoms with van der Waals surface area (Å²) in [4.78, 5) is 12.4. The molecule has 0 heterocycles. The molecule has 5 nitrogen and oxygen atoms in total.